The van der Waals surface area contributed by atoms with Gasteiger partial charge in [0.1, 0.15) is 0 Å². The number of allylic oxidation sites excluding steroid dienone is 1. The van der Waals surface area contributed by atoms with Crippen molar-refractivity contribution in [1.29, 1.82) is 5.26 Å². The topological polar surface area (TPSA) is 50.1 Å². The van der Waals surface area contributed by atoms with Crippen molar-refractivity contribution in [3.63, 3.8) is 0 Å². The van der Waals surface area contributed by atoms with Crippen molar-refractivity contribution < 1.29 is 13.9 Å². The summed E-state index contributed by atoms with van der Waals surface area (Å²) in [5.41, 5.74) is 1.59. The summed E-state index contributed by atoms with van der Waals surface area (Å²) in [4.78, 5) is 11.9. The number of rotatable bonds is 4. The highest BCUT2D eigenvalue weighted by Crippen LogP contribution is 2.18. The molecule has 0 atom stereocenters. The van der Waals surface area contributed by atoms with E-state index >= 15 is 0 Å². The quantitative estimate of drug-likeness (QED) is 0.635. The lowest BCUT2D eigenvalue weighted by Crippen LogP contribution is -1.97. The van der Waals surface area contributed by atoms with Crippen LogP contribution in [0.2, 0.25) is 0 Å². The molecule has 0 radical (unpaired) electrons. The largest absolute Gasteiger partial charge is 0.494 e. The first-order chi connectivity index (χ1) is 10.1. The van der Waals surface area contributed by atoms with Crippen LogP contribution in [0.4, 0.5) is 4.39 Å². The number of ether oxygens (including phenoxy) is 1. The highest BCUT2D eigenvalue weighted by Gasteiger charge is 2.07. The molecule has 0 aromatic heterocycles. The minimum Gasteiger partial charge on any atom is -0.494 e. The van der Waals surface area contributed by atoms with Crippen molar-refractivity contribution >= 4 is 11.9 Å². The molecule has 0 spiro atoms. The lowest BCUT2D eigenvalue weighted by Gasteiger charge is -2.02. The van der Waals surface area contributed by atoms with E-state index in [-0.39, 0.29) is 17.1 Å². The molecule has 0 amide bonds. The first kappa shape index (κ1) is 14.5. The Morgan fingerprint density at radius 3 is 2.52 bits per heavy atom. The summed E-state index contributed by atoms with van der Waals surface area (Å²) in [6.45, 7) is 0. The number of nitriles is 1. The van der Waals surface area contributed by atoms with Gasteiger partial charge in [0.25, 0.3) is 0 Å². The second kappa shape index (κ2) is 6.49. The van der Waals surface area contributed by atoms with E-state index in [9.17, 15) is 9.18 Å². The fraction of sp³-hybridized carbons (Fsp3) is 0.0588. The molecule has 2 aromatic rings. The van der Waals surface area contributed by atoms with Gasteiger partial charge in [0, 0.05) is 5.56 Å². The molecule has 0 heterocycles. The maximum absolute atomic E-state index is 13.5. The van der Waals surface area contributed by atoms with Crippen LogP contribution in [-0.4, -0.2) is 12.9 Å². The normalized spacial score (nSPS) is 10.3. The standard InChI is InChI=1S/C17H12FNO2/c1-21-17-9-7-14(10-15(17)18)16(20)8-6-12-2-4-13(11-19)5-3-12/h2-10H,1H3. The zero-order chi connectivity index (χ0) is 15.2. The number of nitrogens with zero attached hydrogens (tertiary/aromatic N) is 1. The van der Waals surface area contributed by atoms with Crippen LogP contribution < -0.4 is 4.74 Å². The van der Waals surface area contributed by atoms with Crippen molar-refractivity contribution in [2.24, 2.45) is 0 Å². The minimum absolute atomic E-state index is 0.0996. The van der Waals surface area contributed by atoms with Crippen molar-refractivity contribution in [3.05, 3.63) is 71.0 Å². The van der Waals surface area contributed by atoms with Crippen LogP contribution in [-0.2, 0) is 0 Å². The Morgan fingerprint density at radius 1 is 1.24 bits per heavy atom. The van der Waals surface area contributed by atoms with Crippen molar-refractivity contribution in [2.45, 2.75) is 0 Å². The van der Waals surface area contributed by atoms with Crippen LogP contribution in [0.15, 0.2) is 48.5 Å². The van der Waals surface area contributed by atoms with Crippen LogP contribution in [0.3, 0.4) is 0 Å². The first-order valence-corrected chi connectivity index (χ1v) is 6.20. The number of methoxy groups -OCH3 is 1. The van der Waals surface area contributed by atoms with Crippen molar-refractivity contribution in [1.82, 2.24) is 0 Å². The Bertz CT molecular complexity index is 727. The van der Waals surface area contributed by atoms with Gasteiger partial charge in [0.05, 0.1) is 18.7 Å². The summed E-state index contributed by atoms with van der Waals surface area (Å²) in [5.74, 6) is -0.779. The third-order valence-electron chi connectivity index (χ3n) is 2.90. The summed E-state index contributed by atoms with van der Waals surface area (Å²) < 4.78 is 18.3. The lowest BCUT2D eigenvalue weighted by atomic mass is 10.1. The molecule has 0 N–H and O–H groups in total. The minimum atomic E-state index is -0.574. The van der Waals surface area contributed by atoms with Gasteiger partial charge in [-0.2, -0.15) is 5.26 Å². The van der Waals surface area contributed by atoms with E-state index in [1.807, 2.05) is 6.07 Å². The Balaban J connectivity index is 2.15. The number of hydrogen-bond donors (Lipinski definition) is 0. The molecule has 0 aliphatic rings. The first-order valence-electron chi connectivity index (χ1n) is 6.20. The van der Waals surface area contributed by atoms with Crippen molar-refractivity contribution in [2.75, 3.05) is 7.11 Å². The molecule has 4 heteroatoms. The molecule has 2 aromatic carbocycles. The van der Waals surface area contributed by atoms with E-state index in [1.165, 1.54) is 25.3 Å². The molecular formula is C17H12FNO2. The Morgan fingerprint density at radius 2 is 1.95 bits per heavy atom. The Labute approximate surface area is 121 Å². The Kier molecular flexibility index (Phi) is 4.47. The maximum atomic E-state index is 13.5. The SMILES string of the molecule is COc1ccc(C(=O)C=Cc2ccc(C#N)cc2)cc1F. The van der Waals surface area contributed by atoms with Crippen LogP contribution in [0.5, 0.6) is 5.75 Å². The van der Waals surface area contributed by atoms with Gasteiger partial charge in [-0.15, -0.1) is 0 Å². The average molecular weight is 281 g/mol. The highest BCUT2D eigenvalue weighted by molar-refractivity contribution is 6.06. The van der Waals surface area contributed by atoms with Gasteiger partial charge < -0.3 is 4.74 Å². The fourth-order valence-corrected chi connectivity index (χ4v) is 1.76. The zero-order valence-corrected chi connectivity index (χ0v) is 11.3. The zero-order valence-electron chi connectivity index (χ0n) is 11.3. The molecule has 3 nitrogen and oxygen atoms in total. The summed E-state index contributed by atoms with van der Waals surface area (Å²) in [6, 6.07) is 12.9. The second-order valence-corrected chi connectivity index (χ2v) is 4.28. The fourth-order valence-electron chi connectivity index (χ4n) is 1.76. The third kappa shape index (κ3) is 3.54. The van der Waals surface area contributed by atoms with Crippen LogP contribution in [0, 0.1) is 17.1 Å². The molecular weight excluding hydrogens is 269 g/mol. The second-order valence-electron chi connectivity index (χ2n) is 4.28. The van der Waals surface area contributed by atoms with Gasteiger partial charge >= 0.3 is 0 Å². The van der Waals surface area contributed by atoms with Gasteiger partial charge in [-0.1, -0.05) is 18.2 Å². The molecule has 0 bridgehead atoms. The van der Waals surface area contributed by atoms with Gasteiger partial charge in [-0.3, -0.25) is 4.79 Å². The summed E-state index contributed by atoms with van der Waals surface area (Å²) in [5, 5.41) is 8.70. The molecule has 21 heavy (non-hydrogen) atoms. The number of carbonyl (C=O) groups excluding carboxylic acids is 1. The molecule has 0 aliphatic carbocycles. The van der Waals surface area contributed by atoms with Gasteiger partial charge in [-0.25, -0.2) is 4.39 Å². The predicted molar refractivity (Wildman–Crippen MR) is 77.5 cm³/mol. The average Bonchev–Trinajstić information content (AvgIpc) is 2.53. The summed E-state index contributed by atoms with van der Waals surface area (Å²) in [6.07, 6.45) is 2.98. The lowest BCUT2D eigenvalue weighted by molar-refractivity contribution is 0.104. The van der Waals surface area contributed by atoms with Gasteiger partial charge in [0.15, 0.2) is 17.3 Å². The number of carbonyl (C=O) groups is 1. The number of benzene rings is 2. The number of hydrogen-bond acceptors (Lipinski definition) is 3. The molecule has 0 saturated heterocycles. The third-order valence-corrected chi connectivity index (χ3v) is 2.90. The smallest absolute Gasteiger partial charge is 0.185 e. The molecule has 0 saturated carbocycles. The molecule has 2 rings (SSSR count). The van der Waals surface area contributed by atoms with Crippen molar-refractivity contribution in [3.8, 4) is 11.8 Å². The van der Waals surface area contributed by atoms with Gasteiger partial charge in [0.2, 0.25) is 0 Å². The van der Waals surface area contributed by atoms with E-state index in [0.717, 1.165) is 11.6 Å². The maximum Gasteiger partial charge on any atom is 0.185 e. The Hall–Kier alpha value is -2.93. The molecule has 0 aliphatic heterocycles. The molecule has 104 valence electrons. The molecule has 0 fully saturated rings. The van der Waals surface area contributed by atoms with E-state index in [4.69, 9.17) is 10.00 Å². The van der Waals surface area contributed by atoms with E-state index in [0.29, 0.717) is 5.56 Å². The molecule has 0 unspecified atom stereocenters. The van der Waals surface area contributed by atoms with Crippen LogP contribution >= 0.6 is 0 Å². The summed E-state index contributed by atoms with van der Waals surface area (Å²) >= 11 is 0. The highest BCUT2D eigenvalue weighted by atomic mass is 19.1. The number of halogens is 1. The van der Waals surface area contributed by atoms with E-state index in [1.54, 1.807) is 30.3 Å². The number of ketones is 1. The predicted octanol–water partition coefficient (Wildman–Crippen LogP) is 3.60. The van der Waals surface area contributed by atoms with E-state index in [2.05, 4.69) is 0 Å². The monoisotopic (exact) mass is 281 g/mol. The van der Waals surface area contributed by atoms with Crippen LogP contribution in [0.25, 0.3) is 6.08 Å². The summed E-state index contributed by atoms with van der Waals surface area (Å²) in [7, 11) is 1.37. The van der Waals surface area contributed by atoms with Gasteiger partial charge in [-0.05, 0) is 42.0 Å². The van der Waals surface area contributed by atoms with Crippen LogP contribution in [0.1, 0.15) is 21.5 Å². The van der Waals surface area contributed by atoms with E-state index < -0.39 is 5.82 Å².